The van der Waals surface area contributed by atoms with Crippen molar-refractivity contribution in [2.24, 2.45) is 0 Å². The number of nitrogens with zero attached hydrogens (tertiary/aromatic N) is 1. The van der Waals surface area contributed by atoms with Crippen LogP contribution in [0.3, 0.4) is 0 Å². The number of ether oxygens (including phenoxy) is 2. The number of hydrogen-bond donors (Lipinski definition) is 1. The maximum atomic E-state index is 13.9. The van der Waals surface area contributed by atoms with Crippen molar-refractivity contribution in [1.29, 1.82) is 0 Å². The van der Waals surface area contributed by atoms with Crippen LogP contribution < -0.4 is 14.8 Å². The first-order chi connectivity index (χ1) is 13.0. The molecule has 2 aromatic carbocycles. The van der Waals surface area contributed by atoms with E-state index in [2.05, 4.69) is 21.2 Å². The Bertz CT molecular complexity index is 786. The molecular formula is C20H24BrFN2O3. The van der Waals surface area contributed by atoms with Crippen molar-refractivity contribution in [3.05, 3.63) is 52.3 Å². The van der Waals surface area contributed by atoms with Crippen molar-refractivity contribution in [3.63, 3.8) is 0 Å². The zero-order chi connectivity index (χ0) is 19.8. The lowest BCUT2D eigenvalue weighted by Crippen LogP contribution is -2.33. The maximum absolute atomic E-state index is 13.9. The van der Waals surface area contributed by atoms with Gasteiger partial charge in [0.25, 0.3) is 0 Å². The van der Waals surface area contributed by atoms with Gasteiger partial charge >= 0.3 is 0 Å². The summed E-state index contributed by atoms with van der Waals surface area (Å²) in [5, 5.41) is 2.62. The quantitative estimate of drug-likeness (QED) is 0.627. The lowest BCUT2D eigenvalue weighted by Gasteiger charge is -2.21. The zero-order valence-electron chi connectivity index (χ0n) is 15.7. The molecule has 0 heterocycles. The van der Waals surface area contributed by atoms with Crippen LogP contribution in [0.15, 0.2) is 40.9 Å². The third-order valence-corrected chi connectivity index (χ3v) is 4.45. The number of nitrogens with one attached hydrogen (secondary N) is 1. The average molecular weight is 439 g/mol. The Labute approximate surface area is 167 Å². The molecule has 0 saturated heterocycles. The molecule has 146 valence electrons. The number of rotatable bonds is 9. The van der Waals surface area contributed by atoms with Gasteiger partial charge in [-0.05, 0) is 49.4 Å². The normalized spacial score (nSPS) is 10.7. The van der Waals surface area contributed by atoms with E-state index in [0.717, 1.165) is 5.56 Å². The molecule has 0 fully saturated rings. The van der Waals surface area contributed by atoms with Gasteiger partial charge in [-0.15, -0.1) is 0 Å². The van der Waals surface area contributed by atoms with Gasteiger partial charge in [-0.1, -0.05) is 28.9 Å². The minimum atomic E-state index is -0.475. The molecule has 0 atom stereocenters. The van der Waals surface area contributed by atoms with Gasteiger partial charge in [0.2, 0.25) is 5.91 Å². The highest BCUT2D eigenvalue weighted by Gasteiger charge is 2.13. The first kappa shape index (κ1) is 21.2. The van der Waals surface area contributed by atoms with Crippen LogP contribution in [0.2, 0.25) is 0 Å². The zero-order valence-corrected chi connectivity index (χ0v) is 17.3. The van der Waals surface area contributed by atoms with Gasteiger partial charge in [-0.25, -0.2) is 4.39 Å². The second-order valence-electron chi connectivity index (χ2n) is 5.89. The fraction of sp³-hybridized carbons (Fsp3) is 0.350. The standard InChI is InChI=1S/C20H24BrFN2O3/c1-4-24(12-14-6-9-18(27-5-2)19(10-14)26-3)13-20(25)23-17-8-7-15(21)11-16(17)22/h6-11H,4-5,12-13H2,1-3H3,(H,23,25). The predicted octanol–water partition coefficient (Wildman–Crippen LogP) is 4.46. The summed E-state index contributed by atoms with van der Waals surface area (Å²) in [7, 11) is 1.60. The lowest BCUT2D eigenvalue weighted by atomic mass is 10.2. The molecule has 0 saturated carbocycles. The topological polar surface area (TPSA) is 50.8 Å². The van der Waals surface area contributed by atoms with Crippen molar-refractivity contribution in [2.75, 3.05) is 32.1 Å². The third kappa shape index (κ3) is 6.22. The van der Waals surface area contributed by atoms with E-state index in [-0.39, 0.29) is 18.1 Å². The Balaban J connectivity index is 2.01. The van der Waals surface area contributed by atoms with E-state index in [1.54, 1.807) is 13.2 Å². The number of halogens is 2. The lowest BCUT2D eigenvalue weighted by molar-refractivity contribution is -0.117. The van der Waals surface area contributed by atoms with Crippen LogP contribution in [0.5, 0.6) is 11.5 Å². The molecule has 0 aromatic heterocycles. The molecular weight excluding hydrogens is 415 g/mol. The van der Waals surface area contributed by atoms with E-state index in [1.165, 1.54) is 12.1 Å². The molecule has 0 unspecified atom stereocenters. The van der Waals surface area contributed by atoms with E-state index in [1.807, 2.05) is 36.9 Å². The van der Waals surface area contributed by atoms with E-state index < -0.39 is 5.82 Å². The van der Waals surface area contributed by atoms with Crippen LogP contribution in [0.4, 0.5) is 10.1 Å². The summed E-state index contributed by atoms with van der Waals surface area (Å²) in [5.41, 5.74) is 1.17. The molecule has 0 bridgehead atoms. The number of methoxy groups -OCH3 is 1. The summed E-state index contributed by atoms with van der Waals surface area (Å²) in [6.07, 6.45) is 0. The van der Waals surface area contributed by atoms with Crippen LogP contribution in [-0.2, 0) is 11.3 Å². The first-order valence-corrected chi connectivity index (χ1v) is 9.53. The number of carbonyl (C=O) groups excluding carboxylic acids is 1. The first-order valence-electron chi connectivity index (χ1n) is 8.73. The maximum Gasteiger partial charge on any atom is 0.238 e. The summed E-state index contributed by atoms with van der Waals surface area (Å²) >= 11 is 3.20. The largest absolute Gasteiger partial charge is 0.493 e. The SMILES string of the molecule is CCOc1ccc(CN(CC)CC(=O)Nc2ccc(Br)cc2F)cc1OC. The predicted molar refractivity (Wildman–Crippen MR) is 108 cm³/mol. The molecule has 2 aromatic rings. The Morgan fingerprint density at radius 3 is 2.59 bits per heavy atom. The van der Waals surface area contributed by atoms with Crippen molar-refractivity contribution in [3.8, 4) is 11.5 Å². The molecule has 0 aliphatic rings. The number of carbonyl (C=O) groups is 1. The number of likely N-dealkylation sites (N-methyl/N-ethyl adjacent to an activating group) is 1. The van der Waals surface area contributed by atoms with E-state index in [0.29, 0.717) is 35.7 Å². The van der Waals surface area contributed by atoms with Gasteiger partial charge in [0.1, 0.15) is 5.82 Å². The van der Waals surface area contributed by atoms with Crippen LogP contribution in [0, 0.1) is 5.82 Å². The minimum absolute atomic E-state index is 0.154. The molecule has 27 heavy (non-hydrogen) atoms. The number of anilines is 1. The Morgan fingerprint density at radius 1 is 1.19 bits per heavy atom. The van der Waals surface area contributed by atoms with Gasteiger partial charge in [0.05, 0.1) is 25.9 Å². The van der Waals surface area contributed by atoms with Crippen LogP contribution in [0.1, 0.15) is 19.4 Å². The minimum Gasteiger partial charge on any atom is -0.493 e. The fourth-order valence-electron chi connectivity index (χ4n) is 2.61. The summed E-state index contributed by atoms with van der Waals surface area (Å²) < 4.78 is 25.4. The molecule has 5 nitrogen and oxygen atoms in total. The molecule has 7 heteroatoms. The average Bonchev–Trinajstić information content (AvgIpc) is 2.64. The van der Waals surface area contributed by atoms with Crippen LogP contribution in [-0.4, -0.2) is 37.6 Å². The monoisotopic (exact) mass is 438 g/mol. The highest BCUT2D eigenvalue weighted by Crippen LogP contribution is 2.28. The van der Waals surface area contributed by atoms with Crippen LogP contribution >= 0.6 is 15.9 Å². The van der Waals surface area contributed by atoms with E-state index >= 15 is 0 Å². The second-order valence-corrected chi connectivity index (χ2v) is 6.81. The highest BCUT2D eigenvalue weighted by atomic mass is 79.9. The molecule has 0 aliphatic carbocycles. The van der Waals surface area contributed by atoms with Crippen LogP contribution in [0.25, 0.3) is 0 Å². The second kappa shape index (κ2) is 10.3. The highest BCUT2D eigenvalue weighted by molar-refractivity contribution is 9.10. The van der Waals surface area contributed by atoms with E-state index in [9.17, 15) is 9.18 Å². The molecule has 0 aliphatic heterocycles. The number of amides is 1. The summed E-state index contributed by atoms with van der Waals surface area (Å²) in [5.74, 6) is 0.607. The van der Waals surface area contributed by atoms with Crippen molar-refractivity contribution in [1.82, 2.24) is 4.90 Å². The Morgan fingerprint density at radius 2 is 1.96 bits per heavy atom. The van der Waals surface area contributed by atoms with Gasteiger partial charge in [-0.3, -0.25) is 9.69 Å². The molecule has 0 spiro atoms. The van der Waals surface area contributed by atoms with Gasteiger partial charge in [-0.2, -0.15) is 0 Å². The summed E-state index contributed by atoms with van der Waals surface area (Å²) in [6.45, 7) is 5.84. The number of hydrogen-bond acceptors (Lipinski definition) is 4. The Hall–Kier alpha value is -2.12. The fourth-order valence-corrected chi connectivity index (χ4v) is 2.94. The summed E-state index contributed by atoms with van der Waals surface area (Å²) in [6, 6.07) is 10.2. The number of benzene rings is 2. The van der Waals surface area contributed by atoms with Gasteiger partial charge < -0.3 is 14.8 Å². The van der Waals surface area contributed by atoms with Gasteiger partial charge in [0.15, 0.2) is 11.5 Å². The van der Waals surface area contributed by atoms with E-state index in [4.69, 9.17) is 9.47 Å². The Kier molecular flexibility index (Phi) is 8.06. The van der Waals surface area contributed by atoms with Crippen molar-refractivity contribution >= 4 is 27.5 Å². The molecule has 1 N–H and O–H groups in total. The van der Waals surface area contributed by atoms with Crippen molar-refractivity contribution in [2.45, 2.75) is 20.4 Å². The molecule has 0 radical (unpaired) electrons. The third-order valence-electron chi connectivity index (χ3n) is 3.95. The van der Waals surface area contributed by atoms with Gasteiger partial charge in [0, 0.05) is 11.0 Å². The molecule has 2 rings (SSSR count). The molecule has 1 amide bonds. The van der Waals surface area contributed by atoms with Crippen molar-refractivity contribution < 1.29 is 18.7 Å². The smallest absolute Gasteiger partial charge is 0.238 e. The summed E-state index contributed by atoms with van der Waals surface area (Å²) in [4.78, 5) is 14.3.